The molecule has 0 aliphatic carbocycles. The summed E-state index contributed by atoms with van der Waals surface area (Å²) in [6, 6.07) is 18.6. The molecule has 0 radical (unpaired) electrons. The molecular formula is C17H12ClNO. The number of carbonyl (C=O) groups is 1. The quantitative estimate of drug-likeness (QED) is 0.562. The molecule has 3 heteroatoms. The van der Waals surface area contributed by atoms with Gasteiger partial charge < -0.3 is 5.73 Å². The third-order valence-electron chi connectivity index (χ3n) is 3.31. The molecule has 0 fully saturated rings. The summed E-state index contributed by atoms with van der Waals surface area (Å²) in [6.07, 6.45) is 0. The summed E-state index contributed by atoms with van der Waals surface area (Å²) in [4.78, 5) is 12.7. The summed E-state index contributed by atoms with van der Waals surface area (Å²) in [7, 11) is 0. The Morgan fingerprint density at radius 2 is 1.50 bits per heavy atom. The van der Waals surface area contributed by atoms with Crippen LogP contribution in [0.5, 0.6) is 0 Å². The summed E-state index contributed by atoms with van der Waals surface area (Å²) in [5.41, 5.74) is 7.25. The minimum absolute atomic E-state index is 0.112. The van der Waals surface area contributed by atoms with Gasteiger partial charge in [-0.25, -0.2) is 0 Å². The molecule has 3 aromatic carbocycles. The van der Waals surface area contributed by atoms with Crippen LogP contribution in [-0.4, -0.2) is 5.78 Å². The fraction of sp³-hybridized carbons (Fsp3) is 0. The van der Waals surface area contributed by atoms with Gasteiger partial charge in [0, 0.05) is 11.1 Å². The SMILES string of the molecule is Nc1cccc(C(=O)c2cccc3ccccc23)c1Cl. The van der Waals surface area contributed by atoms with Crippen LogP contribution in [0.1, 0.15) is 15.9 Å². The van der Waals surface area contributed by atoms with Gasteiger partial charge in [-0.1, -0.05) is 60.1 Å². The van der Waals surface area contributed by atoms with E-state index in [4.69, 9.17) is 17.3 Å². The van der Waals surface area contributed by atoms with E-state index in [1.54, 1.807) is 18.2 Å². The zero-order chi connectivity index (χ0) is 14.1. The van der Waals surface area contributed by atoms with E-state index in [-0.39, 0.29) is 5.78 Å². The lowest BCUT2D eigenvalue weighted by atomic mass is 9.97. The van der Waals surface area contributed by atoms with E-state index in [1.807, 2.05) is 42.5 Å². The van der Waals surface area contributed by atoms with Gasteiger partial charge in [0.05, 0.1) is 10.7 Å². The number of hydrogen-bond donors (Lipinski definition) is 1. The maximum atomic E-state index is 12.7. The molecular weight excluding hydrogens is 270 g/mol. The maximum Gasteiger partial charge on any atom is 0.195 e. The van der Waals surface area contributed by atoms with Crippen LogP contribution >= 0.6 is 11.6 Å². The smallest absolute Gasteiger partial charge is 0.195 e. The summed E-state index contributed by atoms with van der Waals surface area (Å²) in [5, 5.41) is 2.25. The monoisotopic (exact) mass is 281 g/mol. The standard InChI is InChI=1S/C17H12ClNO/c18-16-14(9-4-10-15(16)19)17(20)13-8-3-6-11-5-1-2-7-12(11)13/h1-10H,19H2. The zero-order valence-electron chi connectivity index (χ0n) is 10.6. The molecule has 3 aromatic rings. The molecule has 0 unspecified atom stereocenters. The Labute approximate surface area is 121 Å². The minimum atomic E-state index is -0.112. The first-order chi connectivity index (χ1) is 9.68. The number of hydrogen-bond acceptors (Lipinski definition) is 2. The topological polar surface area (TPSA) is 43.1 Å². The molecule has 2 nitrogen and oxygen atoms in total. The zero-order valence-corrected chi connectivity index (χ0v) is 11.4. The summed E-state index contributed by atoms with van der Waals surface area (Å²) >= 11 is 6.14. The summed E-state index contributed by atoms with van der Waals surface area (Å²) in [5.74, 6) is -0.112. The molecule has 0 aromatic heterocycles. The minimum Gasteiger partial charge on any atom is -0.398 e. The molecule has 0 amide bonds. The second-order valence-electron chi connectivity index (χ2n) is 4.56. The van der Waals surface area contributed by atoms with Crippen LogP contribution in [0.3, 0.4) is 0 Å². The Morgan fingerprint density at radius 1 is 0.850 bits per heavy atom. The van der Waals surface area contributed by atoms with Crippen LogP contribution in [0.4, 0.5) is 5.69 Å². The first-order valence-corrected chi connectivity index (χ1v) is 6.63. The fourth-order valence-corrected chi connectivity index (χ4v) is 2.51. The fourth-order valence-electron chi connectivity index (χ4n) is 2.29. The van der Waals surface area contributed by atoms with E-state index >= 15 is 0 Å². The second-order valence-corrected chi connectivity index (χ2v) is 4.94. The van der Waals surface area contributed by atoms with Crippen LogP contribution in [0, 0.1) is 0 Å². The van der Waals surface area contributed by atoms with Crippen LogP contribution in [0.15, 0.2) is 60.7 Å². The average Bonchev–Trinajstić information content (AvgIpc) is 2.49. The molecule has 0 atom stereocenters. The number of carbonyl (C=O) groups excluding carboxylic acids is 1. The van der Waals surface area contributed by atoms with Crippen LogP contribution in [0.25, 0.3) is 10.8 Å². The number of rotatable bonds is 2. The Balaban J connectivity index is 2.21. The van der Waals surface area contributed by atoms with E-state index in [0.717, 1.165) is 10.8 Å². The Bertz CT molecular complexity index is 806. The van der Waals surface area contributed by atoms with Crippen molar-refractivity contribution in [3.8, 4) is 0 Å². The van der Waals surface area contributed by atoms with Gasteiger partial charge in [-0.05, 0) is 22.9 Å². The van der Waals surface area contributed by atoms with Crippen molar-refractivity contribution in [1.82, 2.24) is 0 Å². The Hall–Kier alpha value is -2.32. The highest BCUT2D eigenvalue weighted by atomic mass is 35.5. The summed E-state index contributed by atoms with van der Waals surface area (Å²) in [6.45, 7) is 0. The lowest BCUT2D eigenvalue weighted by molar-refractivity contribution is 0.104. The van der Waals surface area contributed by atoms with Crippen molar-refractivity contribution in [2.45, 2.75) is 0 Å². The highest BCUT2D eigenvalue weighted by molar-refractivity contribution is 6.37. The van der Waals surface area contributed by atoms with Gasteiger partial charge in [0.1, 0.15) is 0 Å². The lowest BCUT2D eigenvalue weighted by Crippen LogP contribution is -2.04. The van der Waals surface area contributed by atoms with Crippen molar-refractivity contribution < 1.29 is 4.79 Å². The number of nitrogens with two attached hydrogens (primary N) is 1. The molecule has 3 rings (SSSR count). The second kappa shape index (κ2) is 4.99. The number of ketones is 1. The molecule has 0 heterocycles. The van der Waals surface area contributed by atoms with E-state index in [2.05, 4.69) is 0 Å². The first-order valence-electron chi connectivity index (χ1n) is 6.25. The maximum absolute atomic E-state index is 12.7. The molecule has 0 spiro atoms. The van der Waals surface area contributed by atoms with E-state index in [1.165, 1.54) is 0 Å². The van der Waals surface area contributed by atoms with Gasteiger partial charge in [0.25, 0.3) is 0 Å². The van der Waals surface area contributed by atoms with E-state index in [0.29, 0.717) is 21.8 Å². The van der Waals surface area contributed by atoms with Crippen molar-refractivity contribution in [2.24, 2.45) is 0 Å². The van der Waals surface area contributed by atoms with E-state index < -0.39 is 0 Å². The van der Waals surface area contributed by atoms with Gasteiger partial charge in [-0.15, -0.1) is 0 Å². The first kappa shape index (κ1) is 12.7. The largest absolute Gasteiger partial charge is 0.398 e. The van der Waals surface area contributed by atoms with Gasteiger partial charge >= 0.3 is 0 Å². The third-order valence-corrected chi connectivity index (χ3v) is 3.73. The van der Waals surface area contributed by atoms with Crippen LogP contribution in [0.2, 0.25) is 5.02 Å². The molecule has 0 saturated heterocycles. The molecule has 0 aliphatic heterocycles. The van der Waals surface area contributed by atoms with Crippen LogP contribution in [-0.2, 0) is 0 Å². The molecule has 20 heavy (non-hydrogen) atoms. The number of anilines is 1. The molecule has 0 aliphatic rings. The van der Waals surface area contributed by atoms with Gasteiger partial charge in [0.2, 0.25) is 0 Å². The van der Waals surface area contributed by atoms with Gasteiger partial charge in [-0.2, -0.15) is 0 Å². The lowest BCUT2D eigenvalue weighted by Gasteiger charge is -2.08. The predicted octanol–water partition coefficient (Wildman–Crippen LogP) is 4.31. The molecule has 98 valence electrons. The Kier molecular flexibility index (Phi) is 3.17. The van der Waals surface area contributed by atoms with Gasteiger partial charge in [0.15, 0.2) is 5.78 Å². The van der Waals surface area contributed by atoms with Crippen molar-refractivity contribution >= 4 is 33.8 Å². The Morgan fingerprint density at radius 3 is 2.35 bits per heavy atom. The van der Waals surface area contributed by atoms with Crippen LogP contribution < -0.4 is 5.73 Å². The molecule has 0 saturated carbocycles. The number of benzene rings is 3. The van der Waals surface area contributed by atoms with Crippen molar-refractivity contribution in [2.75, 3.05) is 5.73 Å². The van der Waals surface area contributed by atoms with Crippen molar-refractivity contribution in [3.05, 3.63) is 76.8 Å². The average molecular weight is 282 g/mol. The highest BCUT2D eigenvalue weighted by Gasteiger charge is 2.16. The number of nitrogen functional groups attached to an aromatic ring is 1. The third kappa shape index (κ3) is 2.04. The van der Waals surface area contributed by atoms with Gasteiger partial charge in [-0.3, -0.25) is 4.79 Å². The highest BCUT2D eigenvalue weighted by Crippen LogP contribution is 2.28. The number of fused-ring (bicyclic) bond motifs is 1. The normalized spacial score (nSPS) is 10.7. The van der Waals surface area contributed by atoms with Crippen molar-refractivity contribution in [3.63, 3.8) is 0 Å². The number of halogens is 1. The molecule has 0 bridgehead atoms. The predicted molar refractivity (Wildman–Crippen MR) is 83.2 cm³/mol. The molecule has 2 N–H and O–H groups in total. The summed E-state index contributed by atoms with van der Waals surface area (Å²) < 4.78 is 0. The van der Waals surface area contributed by atoms with E-state index in [9.17, 15) is 4.79 Å². The van der Waals surface area contributed by atoms with Crippen molar-refractivity contribution in [1.29, 1.82) is 0 Å².